The smallest absolute Gasteiger partial charge is 0.0122 e. The summed E-state index contributed by atoms with van der Waals surface area (Å²) < 4.78 is 0. The van der Waals surface area contributed by atoms with E-state index in [0.29, 0.717) is 5.92 Å². The topological polar surface area (TPSA) is 0 Å². The first-order valence-electron chi connectivity index (χ1n) is 3.92. The molecule has 0 bridgehead atoms. The van der Waals surface area contributed by atoms with Crippen molar-refractivity contribution in [2.24, 2.45) is 11.8 Å². The Kier molecular flexibility index (Phi) is 1.72. The third-order valence-electron chi connectivity index (χ3n) is 2.64. The molecule has 0 spiro atoms. The molecule has 0 aliphatic heterocycles. The molecule has 56 valence electrons. The largest absolute Gasteiger partial charge is 0.0953 e. The molecule has 0 saturated heterocycles. The van der Waals surface area contributed by atoms with Crippen LogP contribution in [0.5, 0.6) is 0 Å². The Morgan fingerprint density at radius 2 is 1.70 bits per heavy atom. The summed E-state index contributed by atoms with van der Waals surface area (Å²) in [4.78, 5) is 0. The maximum Gasteiger partial charge on any atom is -0.0122 e. The Labute approximate surface area is 63.6 Å². The van der Waals surface area contributed by atoms with E-state index in [2.05, 4.69) is 34.3 Å². The zero-order chi connectivity index (χ0) is 7.89. The van der Waals surface area contributed by atoms with Crippen molar-refractivity contribution in [1.82, 2.24) is 0 Å². The zero-order valence-corrected chi connectivity index (χ0v) is 7.36. The van der Waals surface area contributed by atoms with Gasteiger partial charge in [0, 0.05) is 0 Å². The molecular weight excluding hydrogens is 120 g/mol. The lowest BCUT2D eigenvalue weighted by molar-refractivity contribution is 0.425. The first-order chi connectivity index (χ1) is 4.55. The Morgan fingerprint density at radius 1 is 1.20 bits per heavy atom. The molecule has 0 nitrogen and oxygen atoms in total. The highest BCUT2D eigenvalue weighted by Gasteiger charge is 2.32. The summed E-state index contributed by atoms with van der Waals surface area (Å²) in [5.41, 5.74) is 4.30. The van der Waals surface area contributed by atoms with Crippen LogP contribution >= 0.6 is 0 Å². The molecule has 0 N–H and O–H groups in total. The van der Waals surface area contributed by atoms with E-state index in [-0.39, 0.29) is 0 Å². The van der Waals surface area contributed by atoms with E-state index in [9.17, 15) is 0 Å². The highest BCUT2D eigenvalue weighted by atomic mass is 14.4. The average molecular weight is 136 g/mol. The number of hydrogen-bond donors (Lipinski definition) is 0. The van der Waals surface area contributed by atoms with Gasteiger partial charge in [0.2, 0.25) is 0 Å². The maximum absolute atomic E-state index is 4.04. The molecule has 0 radical (unpaired) electrons. The minimum Gasteiger partial charge on any atom is -0.0953 e. The van der Waals surface area contributed by atoms with Gasteiger partial charge in [-0.25, -0.2) is 0 Å². The molecule has 0 heteroatoms. The third kappa shape index (κ3) is 0.828. The van der Waals surface area contributed by atoms with Gasteiger partial charge in [0.05, 0.1) is 0 Å². The first kappa shape index (κ1) is 7.59. The van der Waals surface area contributed by atoms with Gasteiger partial charge < -0.3 is 0 Å². The Hall–Kier alpha value is -0.520. The lowest BCUT2D eigenvalue weighted by Gasteiger charge is -2.38. The Balaban J connectivity index is 2.87. The number of allylic oxidation sites excluding steroid dienone is 3. The predicted octanol–water partition coefficient (Wildman–Crippen LogP) is 3.16. The predicted molar refractivity (Wildman–Crippen MR) is 45.8 cm³/mol. The summed E-state index contributed by atoms with van der Waals surface area (Å²) in [7, 11) is 0. The molecule has 0 aromatic rings. The zero-order valence-electron chi connectivity index (χ0n) is 7.36. The van der Waals surface area contributed by atoms with Crippen LogP contribution in [0.4, 0.5) is 0 Å². The van der Waals surface area contributed by atoms with Crippen molar-refractivity contribution in [3.05, 3.63) is 23.3 Å². The second-order valence-electron chi connectivity index (χ2n) is 3.52. The van der Waals surface area contributed by atoms with E-state index in [1.807, 2.05) is 0 Å². The molecule has 1 saturated carbocycles. The highest BCUT2D eigenvalue weighted by Crippen LogP contribution is 2.44. The van der Waals surface area contributed by atoms with Crippen LogP contribution in [-0.4, -0.2) is 0 Å². The third-order valence-corrected chi connectivity index (χ3v) is 2.64. The Bertz CT molecular complexity index is 192. The van der Waals surface area contributed by atoms with Crippen LogP contribution in [0.2, 0.25) is 0 Å². The second-order valence-corrected chi connectivity index (χ2v) is 3.52. The molecule has 0 aromatic carbocycles. The van der Waals surface area contributed by atoms with Crippen LogP contribution < -0.4 is 0 Å². The molecule has 0 aromatic heterocycles. The summed E-state index contributed by atoms with van der Waals surface area (Å²) in [5, 5.41) is 0. The van der Waals surface area contributed by atoms with E-state index >= 15 is 0 Å². The van der Waals surface area contributed by atoms with Crippen LogP contribution in [0.1, 0.15) is 27.7 Å². The van der Waals surface area contributed by atoms with Crippen LogP contribution in [0, 0.1) is 11.8 Å². The molecular formula is C10H16. The van der Waals surface area contributed by atoms with Gasteiger partial charge in [-0.2, -0.15) is 0 Å². The molecule has 2 unspecified atom stereocenters. The summed E-state index contributed by atoms with van der Waals surface area (Å²) in [5.74, 6) is 1.46. The van der Waals surface area contributed by atoms with Crippen LogP contribution in [-0.2, 0) is 0 Å². The van der Waals surface area contributed by atoms with Crippen molar-refractivity contribution in [3.8, 4) is 0 Å². The fraction of sp³-hybridized carbons (Fsp3) is 0.600. The van der Waals surface area contributed by atoms with Gasteiger partial charge in [-0.3, -0.25) is 0 Å². The molecule has 10 heavy (non-hydrogen) atoms. The summed E-state index contributed by atoms with van der Waals surface area (Å²) in [6.07, 6.45) is 0. The monoisotopic (exact) mass is 136 g/mol. The molecule has 0 amide bonds. The van der Waals surface area contributed by atoms with Gasteiger partial charge in [-0.1, -0.05) is 26.0 Å². The van der Waals surface area contributed by atoms with Crippen molar-refractivity contribution < 1.29 is 0 Å². The maximum atomic E-state index is 4.04. The summed E-state index contributed by atoms with van der Waals surface area (Å²) >= 11 is 0. The van der Waals surface area contributed by atoms with Gasteiger partial charge in [-0.15, -0.1) is 0 Å². The fourth-order valence-corrected chi connectivity index (χ4v) is 1.77. The quantitative estimate of drug-likeness (QED) is 0.480. The van der Waals surface area contributed by atoms with Crippen molar-refractivity contribution in [1.29, 1.82) is 0 Å². The average Bonchev–Trinajstić information content (AvgIpc) is 1.87. The summed E-state index contributed by atoms with van der Waals surface area (Å²) in [6.45, 7) is 12.9. The fourth-order valence-electron chi connectivity index (χ4n) is 1.77. The summed E-state index contributed by atoms with van der Waals surface area (Å²) in [6, 6.07) is 0. The first-order valence-corrected chi connectivity index (χ1v) is 3.92. The van der Waals surface area contributed by atoms with Crippen molar-refractivity contribution in [2.45, 2.75) is 27.7 Å². The highest BCUT2D eigenvalue weighted by molar-refractivity contribution is 5.45. The number of rotatable bonds is 0. The lowest BCUT2D eigenvalue weighted by Crippen LogP contribution is -2.27. The van der Waals surface area contributed by atoms with Crippen LogP contribution in [0.15, 0.2) is 23.3 Å². The Morgan fingerprint density at radius 3 is 1.90 bits per heavy atom. The molecule has 1 fully saturated rings. The van der Waals surface area contributed by atoms with Gasteiger partial charge in [0.1, 0.15) is 0 Å². The van der Waals surface area contributed by atoms with Crippen molar-refractivity contribution >= 4 is 0 Å². The van der Waals surface area contributed by atoms with Gasteiger partial charge in [0.25, 0.3) is 0 Å². The molecule has 1 rings (SSSR count). The molecule has 0 heterocycles. The van der Waals surface area contributed by atoms with Crippen LogP contribution in [0.25, 0.3) is 0 Å². The molecule has 1 aliphatic carbocycles. The molecule has 1 aliphatic rings. The number of hydrogen-bond acceptors (Lipinski definition) is 0. The van der Waals surface area contributed by atoms with Crippen molar-refractivity contribution in [3.63, 3.8) is 0 Å². The van der Waals surface area contributed by atoms with Crippen molar-refractivity contribution in [2.75, 3.05) is 0 Å². The normalized spacial score (nSPS) is 32.0. The molecule has 2 atom stereocenters. The van der Waals surface area contributed by atoms with E-state index in [1.54, 1.807) is 0 Å². The van der Waals surface area contributed by atoms with E-state index in [4.69, 9.17) is 0 Å². The minimum absolute atomic E-state index is 0.713. The van der Waals surface area contributed by atoms with Gasteiger partial charge >= 0.3 is 0 Å². The van der Waals surface area contributed by atoms with E-state index in [0.717, 1.165) is 5.92 Å². The standard InChI is InChI=1S/C10H16/c1-6(2)10-8(4)7(3)9(10)5/h7,9H,4H2,1-3,5H3. The minimum atomic E-state index is 0.713. The lowest BCUT2D eigenvalue weighted by atomic mass is 9.66. The van der Waals surface area contributed by atoms with Crippen LogP contribution in [0.3, 0.4) is 0 Å². The van der Waals surface area contributed by atoms with Gasteiger partial charge in [0.15, 0.2) is 0 Å². The SMILES string of the molecule is C=C1C(=C(C)C)C(C)C1C. The van der Waals surface area contributed by atoms with E-state index < -0.39 is 0 Å². The van der Waals surface area contributed by atoms with Gasteiger partial charge in [-0.05, 0) is 36.8 Å². The van der Waals surface area contributed by atoms with E-state index in [1.165, 1.54) is 16.7 Å². The second kappa shape index (κ2) is 2.26.